The fraction of sp³-hybridized carbons (Fsp3) is 0.267. The van der Waals surface area contributed by atoms with E-state index in [0.29, 0.717) is 5.56 Å². The maximum atomic E-state index is 13.1. The third-order valence-electron chi connectivity index (χ3n) is 3.06. The predicted molar refractivity (Wildman–Crippen MR) is 70.4 cm³/mol. The lowest BCUT2D eigenvalue weighted by molar-refractivity contribution is -0.157. The molecule has 2 rings (SSSR count). The molecule has 0 bridgehead atoms. The first kappa shape index (κ1) is 15.2. The molecule has 0 unspecified atom stereocenters. The molecule has 2 aromatic rings. The number of nitrogens with one attached hydrogen (secondary N) is 1. The number of halogens is 3. The summed E-state index contributed by atoms with van der Waals surface area (Å²) in [5.74, 6) is -2.45. The van der Waals surface area contributed by atoms with Gasteiger partial charge >= 0.3 is 6.18 Å². The second-order valence-electron chi connectivity index (χ2n) is 4.62. The summed E-state index contributed by atoms with van der Waals surface area (Å²) in [6.45, 7) is 0.148. The van der Waals surface area contributed by atoms with E-state index < -0.39 is 24.4 Å². The average molecular weight is 297 g/mol. The number of amides is 1. The molecule has 1 N–H and O–H groups in total. The summed E-state index contributed by atoms with van der Waals surface area (Å²) in [5, 5.41) is 2.46. The molecule has 0 radical (unpaired) electrons. The fourth-order valence-electron chi connectivity index (χ4n) is 1.96. The summed E-state index contributed by atoms with van der Waals surface area (Å²) in [6.07, 6.45) is -2.23. The maximum Gasteiger partial charge on any atom is 0.396 e. The highest BCUT2D eigenvalue weighted by Gasteiger charge is 2.41. The van der Waals surface area contributed by atoms with Gasteiger partial charge in [-0.25, -0.2) is 0 Å². The number of benzene rings is 1. The third-order valence-corrected chi connectivity index (χ3v) is 3.06. The monoisotopic (exact) mass is 297 g/mol. The highest BCUT2D eigenvalue weighted by molar-refractivity contribution is 5.77. The number of alkyl halides is 3. The van der Waals surface area contributed by atoms with Crippen molar-refractivity contribution < 1.29 is 22.4 Å². The van der Waals surface area contributed by atoms with Gasteiger partial charge in [0, 0.05) is 18.5 Å². The van der Waals surface area contributed by atoms with Crippen LogP contribution in [0.2, 0.25) is 0 Å². The average Bonchev–Trinajstić information content (AvgIpc) is 2.95. The van der Waals surface area contributed by atoms with Crippen LogP contribution >= 0.6 is 0 Å². The van der Waals surface area contributed by atoms with Crippen LogP contribution in [0.15, 0.2) is 53.3 Å². The Labute approximate surface area is 119 Å². The molecular formula is C15H14F3NO2. The van der Waals surface area contributed by atoms with E-state index in [1.54, 1.807) is 12.1 Å². The van der Waals surface area contributed by atoms with Crippen molar-refractivity contribution in [1.82, 2.24) is 5.32 Å². The first-order valence-electron chi connectivity index (χ1n) is 6.36. The van der Waals surface area contributed by atoms with Crippen LogP contribution in [-0.4, -0.2) is 12.1 Å². The second kappa shape index (κ2) is 6.47. The van der Waals surface area contributed by atoms with Crippen molar-refractivity contribution in [3.8, 4) is 0 Å². The van der Waals surface area contributed by atoms with Crippen molar-refractivity contribution in [2.45, 2.75) is 25.1 Å². The molecule has 0 saturated carbocycles. The van der Waals surface area contributed by atoms with Crippen molar-refractivity contribution in [3.63, 3.8) is 0 Å². The number of rotatable bonds is 5. The van der Waals surface area contributed by atoms with Gasteiger partial charge in [-0.3, -0.25) is 4.79 Å². The minimum absolute atomic E-state index is 0.0865. The van der Waals surface area contributed by atoms with Crippen molar-refractivity contribution in [1.29, 1.82) is 0 Å². The van der Waals surface area contributed by atoms with Crippen molar-refractivity contribution in [2.24, 2.45) is 0 Å². The Morgan fingerprint density at radius 3 is 2.48 bits per heavy atom. The predicted octanol–water partition coefficient (Wildman–Crippen LogP) is 3.63. The Balaban J connectivity index is 2.00. The van der Waals surface area contributed by atoms with Crippen molar-refractivity contribution >= 4 is 5.91 Å². The van der Waals surface area contributed by atoms with E-state index in [9.17, 15) is 18.0 Å². The normalized spacial score (nSPS) is 12.9. The van der Waals surface area contributed by atoms with Gasteiger partial charge in [0.1, 0.15) is 0 Å². The van der Waals surface area contributed by atoms with E-state index in [4.69, 9.17) is 4.42 Å². The minimum atomic E-state index is -4.46. The van der Waals surface area contributed by atoms with Crippen LogP contribution in [0, 0.1) is 0 Å². The van der Waals surface area contributed by atoms with Gasteiger partial charge in [0.25, 0.3) is 0 Å². The van der Waals surface area contributed by atoms with Gasteiger partial charge in [-0.2, -0.15) is 13.2 Å². The zero-order valence-electron chi connectivity index (χ0n) is 11.1. The van der Waals surface area contributed by atoms with E-state index in [1.807, 2.05) is 0 Å². The van der Waals surface area contributed by atoms with Gasteiger partial charge < -0.3 is 9.73 Å². The molecule has 0 spiro atoms. The van der Waals surface area contributed by atoms with Crippen LogP contribution in [-0.2, 0) is 11.3 Å². The molecule has 1 heterocycles. The largest absolute Gasteiger partial charge is 0.472 e. The van der Waals surface area contributed by atoms with Crippen LogP contribution in [0.3, 0.4) is 0 Å². The van der Waals surface area contributed by atoms with Gasteiger partial charge in [-0.15, -0.1) is 0 Å². The Morgan fingerprint density at radius 2 is 1.90 bits per heavy atom. The van der Waals surface area contributed by atoms with Gasteiger partial charge in [0.2, 0.25) is 5.91 Å². The number of furan rings is 1. The highest BCUT2D eigenvalue weighted by Crippen LogP contribution is 2.37. The zero-order valence-corrected chi connectivity index (χ0v) is 11.1. The number of carbonyl (C=O) groups is 1. The molecule has 21 heavy (non-hydrogen) atoms. The zero-order chi connectivity index (χ0) is 15.3. The molecule has 0 aliphatic carbocycles. The van der Waals surface area contributed by atoms with Crippen LogP contribution in [0.25, 0.3) is 0 Å². The summed E-state index contributed by atoms with van der Waals surface area (Å²) in [7, 11) is 0. The topological polar surface area (TPSA) is 42.2 Å². The smallest absolute Gasteiger partial charge is 0.396 e. The summed E-state index contributed by atoms with van der Waals surface area (Å²) in [6, 6.07) is 9.08. The van der Waals surface area contributed by atoms with Gasteiger partial charge in [-0.1, -0.05) is 30.3 Å². The molecule has 0 aliphatic heterocycles. The third kappa shape index (κ3) is 4.37. The Bertz CT molecular complexity index is 564. The molecule has 1 aromatic carbocycles. The molecule has 1 atom stereocenters. The quantitative estimate of drug-likeness (QED) is 0.915. The minimum Gasteiger partial charge on any atom is -0.472 e. The van der Waals surface area contributed by atoms with Crippen molar-refractivity contribution in [2.75, 3.05) is 0 Å². The van der Waals surface area contributed by atoms with Gasteiger partial charge in [0.15, 0.2) is 0 Å². The number of carbonyl (C=O) groups excluding carboxylic acids is 1. The Morgan fingerprint density at radius 1 is 1.19 bits per heavy atom. The molecule has 3 nitrogen and oxygen atoms in total. The van der Waals surface area contributed by atoms with Crippen LogP contribution in [0.1, 0.15) is 23.5 Å². The first-order chi connectivity index (χ1) is 9.97. The van der Waals surface area contributed by atoms with E-state index >= 15 is 0 Å². The van der Waals surface area contributed by atoms with Crippen LogP contribution in [0.5, 0.6) is 0 Å². The summed E-state index contributed by atoms with van der Waals surface area (Å²) in [4.78, 5) is 11.7. The van der Waals surface area contributed by atoms with Gasteiger partial charge in [0.05, 0.1) is 18.4 Å². The molecule has 0 aliphatic rings. The molecule has 6 heteroatoms. The molecule has 1 aromatic heterocycles. The standard InChI is InChI=1S/C15H14F3NO2/c16-15(17,18)13(12-4-2-1-3-5-12)8-14(20)19-9-11-6-7-21-10-11/h1-7,10,13H,8-9H2,(H,19,20)/t13-/m0/s1. The Hall–Kier alpha value is -2.24. The highest BCUT2D eigenvalue weighted by atomic mass is 19.4. The SMILES string of the molecule is O=C(C[C@@H](c1ccccc1)C(F)(F)F)NCc1ccoc1. The number of hydrogen-bond donors (Lipinski definition) is 1. The van der Waals surface area contributed by atoms with E-state index in [-0.39, 0.29) is 12.1 Å². The summed E-state index contributed by atoms with van der Waals surface area (Å²) < 4.78 is 44.1. The fourth-order valence-corrected chi connectivity index (χ4v) is 1.96. The lowest BCUT2D eigenvalue weighted by atomic mass is 9.95. The molecular weight excluding hydrogens is 283 g/mol. The summed E-state index contributed by atoms with van der Waals surface area (Å²) in [5.41, 5.74) is 0.787. The number of hydrogen-bond acceptors (Lipinski definition) is 2. The van der Waals surface area contributed by atoms with E-state index in [2.05, 4.69) is 5.32 Å². The summed E-state index contributed by atoms with van der Waals surface area (Å²) >= 11 is 0. The van der Waals surface area contributed by atoms with E-state index in [0.717, 1.165) is 0 Å². The van der Waals surface area contributed by atoms with Crippen molar-refractivity contribution in [3.05, 3.63) is 60.1 Å². The lowest BCUT2D eigenvalue weighted by Crippen LogP contribution is -2.30. The van der Waals surface area contributed by atoms with Crippen LogP contribution in [0.4, 0.5) is 13.2 Å². The first-order valence-corrected chi connectivity index (χ1v) is 6.36. The second-order valence-corrected chi connectivity index (χ2v) is 4.62. The molecule has 0 fully saturated rings. The van der Waals surface area contributed by atoms with E-state index in [1.165, 1.54) is 36.8 Å². The maximum absolute atomic E-state index is 13.1. The molecule has 1 amide bonds. The van der Waals surface area contributed by atoms with Crippen LogP contribution < -0.4 is 5.32 Å². The molecule has 0 saturated heterocycles. The van der Waals surface area contributed by atoms with Gasteiger partial charge in [-0.05, 0) is 11.6 Å². The Kier molecular flexibility index (Phi) is 4.67. The lowest BCUT2D eigenvalue weighted by Gasteiger charge is -2.20. The molecule has 112 valence electrons.